The molecule has 0 radical (unpaired) electrons. The van der Waals surface area contributed by atoms with Crippen LogP contribution in [-0.4, -0.2) is 40.4 Å². The molecule has 2 N–H and O–H groups in total. The first-order valence-corrected chi connectivity index (χ1v) is 7.13. The number of hydrogen-bond donors (Lipinski definition) is 1. The average molecular weight is 244 g/mol. The molecule has 4 heteroatoms. The van der Waals surface area contributed by atoms with Crippen LogP contribution in [0.1, 0.15) is 40.0 Å². The highest BCUT2D eigenvalue weighted by Gasteiger charge is 2.31. The number of carbonyl (C=O) groups is 1. The molecule has 0 aromatic rings. The van der Waals surface area contributed by atoms with E-state index in [9.17, 15) is 4.79 Å². The minimum atomic E-state index is -0.293. The summed E-state index contributed by atoms with van der Waals surface area (Å²) in [6.45, 7) is 8.18. The summed E-state index contributed by atoms with van der Waals surface area (Å²) in [6.07, 6.45) is 2.96. The van der Waals surface area contributed by atoms with Crippen molar-refractivity contribution in [3.05, 3.63) is 0 Å². The minimum Gasteiger partial charge on any atom is -0.339 e. The van der Waals surface area contributed by atoms with Gasteiger partial charge in [0, 0.05) is 23.6 Å². The van der Waals surface area contributed by atoms with Crippen LogP contribution >= 0.6 is 11.8 Å². The average Bonchev–Trinajstić information content (AvgIpc) is 2.23. The van der Waals surface area contributed by atoms with E-state index in [2.05, 4.69) is 20.8 Å². The van der Waals surface area contributed by atoms with Crippen LogP contribution < -0.4 is 5.73 Å². The highest BCUT2D eigenvalue weighted by Crippen LogP contribution is 2.29. The van der Waals surface area contributed by atoms with Crippen LogP contribution in [0.25, 0.3) is 0 Å². The third-order valence-electron chi connectivity index (χ3n) is 2.92. The standard InChI is InChI=1S/C12H24N2OS/c1-4-5-6-10(13)11(15)14-7-8-16-12(2,3)9-14/h10H,4-9,13H2,1-3H3/t10-/m0/s1. The highest BCUT2D eigenvalue weighted by atomic mass is 32.2. The number of thioether (sulfide) groups is 1. The number of nitrogens with zero attached hydrogens (tertiary/aromatic N) is 1. The molecule has 0 bridgehead atoms. The first-order valence-electron chi connectivity index (χ1n) is 6.14. The van der Waals surface area contributed by atoms with Gasteiger partial charge in [0.25, 0.3) is 0 Å². The minimum absolute atomic E-state index is 0.141. The molecule has 0 unspecified atom stereocenters. The van der Waals surface area contributed by atoms with Crippen LogP contribution in [0.5, 0.6) is 0 Å². The summed E-state index contributed by atoms with van der Waals surface area (Å²) in [5, 5.41) is 0. The topological polar surface area (TPSA) is 46.3 Å². The van der Waals surface area contributed by atoms with E-state index < -0.39 is 0 Å². The summed E-state index contributed by atoms with van der Waals surface area (Å²) in [7, 11) is 0. The van der Waals surface area contributed by atoms with Gasteiger partial charge in [-0.15, -0.1) is 0 Å². The van der Waals surface area contributed by atoms with Crippen LogP contribution in [-0.2, 0) is 4.79 Å². The third-order valence-corrected chi connectivity index (χ3v) is 4.22. The number of nitrogens with two attached hydrogens (primary N) is 1. The molecule has 0 aliphatic carbocycles. The van der Waals surface area contributed by atoms with Gasteiger partial charge in [-0.25, -0.2) is 0 Å². The molecule has 1 atom stereocenters. The fraction of sp³-hybridized carbons (Fsp3) is 0.917. The van der Waals surface area contributed by atoms with Gasteiger partial charge < -0.3 is 10.6 Å². The van der Waals surface area contributed by atoms with Gasteiger partial charge in [-0.2, -0.15) is 11.8 Å². The van der Waals surface area contributed by atoms with E-state index in [-0.39, 0.29) is 16.7 Å². The van der Waals surface area contributed by atoms with Crippen molar-refractivity contribution < 1.29 is 4.79 Å². The first kappa shape index (κ1) is 13.8. The molecule has 1 heterocycles. The zero-order valence-electron chi connectivity index (χ0n) is 10.7. The first-order chi connectivity index (χ1) is 7.46. The van der Waals surface area contributed by atoms with E-state index in [0.717, 1.165) is 38.1 Å². The summed E-state index contributed by atoms with van der Waals surface area (Å²) in [6, 6.07) is -0.293. The Kier molecular flexibility index (Phi) is 5.12. The molecule has 1 saturated heterocycles. The Bertz CT molecular complexity index is 243. The van der Waals surface area contributed by atoms with E-state index in [1.807, 2.05) is 16.7 Å². The van der Waals surface area contributed by atoms with Crippen LogP contribution in [0.3, 0.4) is 0 Å². The lowest BCUT2D eigenvalue weighted by atomic mass is 10.1. The molecule has 1 amide bonds. The van der Waals surface area contributed by atoms with Gasteiger partial charge in [0.1, 0.15) is 0 Å². The van der Waals surface area contributed by atoms with Crippen molar-refractivity contribution in [2.45, 2.75) is 50.8 Å². The molecule has 0 aromatic heterocycles. The quantitative estimate of drug-likeness (QED) is 0.821. The maximum atomic E-state index is 12.1. The Morgan fingerprint density at radius 2 is 2.25 bits per heavy atom. The van der Waals surface area contributed by atoms with Gasteiger partial charge in [-0.05, 0) is 20.3 Å². The molecule has 0 saturated carbocycles. The fourth-order valence-corrected chi connectivity index (χ4v) is 3.10. The Hall–Kier alpha value is -0.220. The highest BCUT2D eigenvalue weighted by molar-refractivity contribution is 8.00. The van der Waals surface area contributed by atoms with Crippen LogP contribution in [0.2, 0.25) is 0 Å². The van der Waals surface area contributed by atoms with Gasteiger partial charge in [0.2, 0.25) is 5.91 Å². The van der Waals surface area contributed by atoms with Gasteiger partial charge >= 0.3 is 0 Å². The molecule has 0 spiro atoms. The Morgan fingerprint density at radius 1 is 1.56 bits per heavy atom. The lowest BCUT2D eigenvalue weighted by Crippen LogP contribution is -2.51. The maximum absolute atomic E-state index is 12.1. The van der Waals surface area contributed by atoms with E-state index in [1.54, 1.807) is 0 Å². The Balaban J connectivity index is 2.46. The lowest BCUT2D eigenvalue weighted by molar-refractivity contribution is -0.133. The van der Waals surface area contributed by atoms with Crippen molar-refractivity contribution in [3.63, 3.8) is 0 Å². The van der Waals surface area contributed by atoms with Crippen molar-refractivity contribution in [3.8, 4) is 0 Å². The van der Waals surface area contributed by atoms with Crippen molar-refractivity contribution >= 4 is 17.7 Å². The summed E-state index contributed by atoms with van der Waals surface area (Å²) in [4.78, 5) is 14.0. The second kappa shape index (κ2) is 5.92. The van der Waals surface area contributed by atoms with Gasteiger partial charge in [0.15, 0.2) is 0 Å². The summed E-state index contributed by atoms with van der Waals surface area (Å²) >= 11 is 1.94. The van der Waals surface area contributed by atoms with Gasteiger partial charge in [-0.1, -0.05) is 19.8 Å². The van der Waals surface area contributed by atoms with Crippen LogP contribution in [0.4, 0.5) is 0 Å². The number of rotatable bonds is 4. The zero-order chi connectivity index (χ0) is 12.2. The molecule has 3 nitrogen and oxygen atoms in total. The molecule has 94 valence electrons. The van der Waals surface area contributed by atoms with Crippen LogP contribution in [0, 0.1) is 0 Å². The second-order valence-corrected chi connectivity index (χ2v) is 6.92. The molecule has 1 fully saturated rings. The maximum Gasteiger partial charge on any atom is 0.239 e. The molecule has 16 heavy (non-hydrogen) atoms. The molecule has 1 aliphatic rings. The monoisotopic (exact) mass is 244 g/mol. The zero-order valence-corrected chi connectivity index (χ0v) is 11.5. The molecule has 0 aromatic carbocycles. The van der Waals surface area contributed by atoms with Crippen molar-refractivity contribution in [2.24, 2.45) is 5.73 Å². The van der Waals surface area contributed by atoms with Crippen molar-refractivity contribution in [1.29, 1.82) is 0 Å². The number of hydrogen-bond acceptors (Lipinski definition) is 3. The van der Waals surface area contributed by atoms with E-state index in [4.69, 9.17) is 5.73 Å². The number of amides is 1. The Labute approximate surface area is 103 Å². The molecule has 1 rings (SSSR count). The third kappa shape index (κ3) is 3.98. The molecule has 1 aliphatic heterocycles. The summed E-state index contributed by atoms with van der Waals surface area (Å²) < 4.78 is 0.179. The van der Waals surface area contributed by atoms with E-state index in [0.29, 0.717) is 0 Å². The Morgan fingerprint density at radius 3 is 2.81 bits per heavy atom. The fourth-order valence-electron chi connectivity index (χ4n) is 1.99. The summed E-state index contributed by atoms with van der Waals surface area (Å²) in [5.74, 6) is 1.17. The largest absolute Gasteiger partial charge is 0.339 e. The summed E-state index contributed by atoms with van der Waals surface area (Å²) in [5.41, 5.74) is 5.92. The molecular formula is C12H24N2OS. The van der Waals surface area contributed by atoms with Gasteiger partial charge in [-0.3, -0.25) is 4.79 Å². The second-order valence-electron chi connectivity index (χ2n) is 5.12. The van der Waals surface area contributed by atoms with E-state index in [1.165, 1.54) is 0 Å². The van der Waals surface area contributed by atoms with Crippen LogP contribution in [0.15, 0.2) is 0 Å². The van der Waals surface area contributed by atoms with Crippen molar-refractivity contribution in [1.82, 2.24) is 4.90 Å². The van der Waals surface area contributed by atoms with E-state index >= 15 is 0 Å². The normalized spacial score (nSPS) is 21.9. The number of unbranched alkanes of at least 4 members (excludes halogenated alkanes) is 1. The smallest absolute Gasteiger partial charge is 0.239 e. The van der Waals surface area contributed by atoms with Gasteiger partial charge in [0.05, 0.1) is 6.04 Å². The lowest BCUT2D eigenvalue weighted by Gasteiger charge is -2.38. The molecular weight excluding hydrogens is 220 g/mol. The SMILES string of the molecule is CCCC[C@H](N)C(=O)N1CCSC(C)(C)C1. The number of carbonyl (C=O) groups excluding carboxylic acids is 1. The van der Waals surface area contributed by atoms with Crippen molar-refractivity contribution in [2.75, 3.05) is 18.8 Å². The predicted octanol–water partition coefficient (Wildman–Crippen LogP) is 1.86. The predicted molar refractivity (Wildman–Crippen MR) is 70.6 cm³/mol.